The average Bonchev–Trinajstić information content (AvgIpc) is 2.54. The van der Waals surface area contributed by atoms with Crippen LogP contribution < -0.4 is 5.56 Å². The van der Waals surface area contributed by atoms with Crippen LogP contribution in [0.4, 0.5) is 0 Å². The number of fused-ring (bicyclic) bond motifs is 1. The highest BCUT2D eigenvalue weighted by molar-refractivity contribution is 8.00. The zero-order valence-corrected chi connectivity index (χ0v) is 13.1. The Morgan fingerprint density at radius 2 is 2.23 bits per heavy atom. The van der Waals surface area contributed by atoms with Gasteiger partial charge in [0.25, 0.3) is 5.56 Å². The van der Waals surface area contributed by atoms with E-state index in [9.17, 15) is 9.59 Å². The van der Waals surface area contributed by atoms with E-state index in [1.165, 1.54) is 23.4 Å². The first-order valence-corrected chi connectivity index (χ1v) is 7.57. The Hall–Kier alpha value is -2.33. The van der Waals surface area contributed by atoms with Gasteiger partial charge in [-0.25, -0.2) is 4.98 Å². The summed E-state index contributed by atoms with van der Waals surface area (Å²) in [4.78, 5) is 28.4. The Kier molecular flexibility index (Phi) is 5.17. The lowest BCUT2D eigenvalue weighted by atomic mass is 10.2. The lowest BCUT2D eigenvalue weighted by molar-refractivity contribution is -0.140. The number of esters is 1. The smallest absolute Gasteiger partial charge is 0.307 e. The molecule has 0 spiro atoms. The number of carbonyl (C=O) groups is 1. The fourth-order valence-corrected chi connectivity index (χ4v) is 2.75. The minimum atomic E-state index is -0.399. The fraction of sp³-hybridized carbons (Fsp3) is 0.333. The van der Waals surface area contributed by atoms with E-state index in [-0.39, 0.29) is 23.8 Å². The van der Waals surface area contributed by atoms with Crippen LogP contribution >= 0.6 is 11.8 Å². The van der Waals surface area contributed by atoms with Crippen LogP contribution in [0.1, 0.15) is 13.3 Å². The summed E-state index contributed by atoms with van der Waals surface area (Å²) in [6, 6.07) is 9.11. The third kappa shape index (κ3) is 3.46. The first kappa shape index (κ1) is 16.0. The van der Waals surface area contributed by atoms with Crippen LogP contribution in [0.25, 0.3) is 10.9 Å². The molecule has 0 bridgehead atoms. The topological polar surface area (TPSA) is 85.0 Å². The maximum absolute atomic E-state index is 12.6. The Bertz CT molecular complexity index is 795. The number of carbonyl (C=O) groups excluding carboxylic acids is 1. The van der Waals surface area contributed by atoms with Gasteiger partial charge >= 0.3 is 5.97 Å². The number of hydrogen-bond acceptors (Lipinski definition) is 6. The first-order chi connectivity index (χ1) is 10.6. The summed E-state index contributed by atoms with van der Waals surface area (Å²) in [5.74, 6) is -0.399. The van der Waals surface area contributed by atoms with E-state index < -0.39 is 5.97 Å². The predicted molar refractivity (Wildman–Crippen MR) is 83.6 cm³/mol. The van der Waals surface area contributed by atoms with Crippen LogP contribution in [-0.2, 0) is 16.1 Å². The highest BCUT2D eigenvalue weighted by Gasteiger charge is 2.15. The van der Waals surface area contributed by atoms with Crippen molar-refractivity contribution < 1.29 is 9.53 Å². The molecule has 0 unspecified atom stereocenters. The monoisotopic (exact) mass is 317 g/mol. The fourth-order valence-electron chi connectivity index (χ4n) is 1.92. The summed E-state index contributed by atoms with van der Waals surface area (Å²) in [6.07, 6.45) is 0.0743. The number of hydrogen-bond donors (Lipinski definition) is 0. The van der Waals surface area contributed by atoms with Crippen LogP contribution in [0.15, 0.2) is 34.2 Å². The molecule has 0 aliphatic rings. The van der Waals surface area contributed by atoms with Gasteiger partial charge in [0.15, 0.2) is 5.16 Å². The van der Waals surface area contributed by atoms with Crippen molar-refractivity contribution in [3.8, 4) is 6.07 Å². The Balaban J connectivity index is 2.51. The predicted octanol–water partition coefficient (Wildman–Crippen LogP) is 1.96. The van der Waals surface area contributed by atoms with Gasteiger partial charge in [-0.1, -0.05) is 23.9 Å². The largest absolute Gasteiger partial charge is 0.469 e. The zero-order valence-electron chi connectivity index (χ0n) is 12.3. The van der Waals surface area contributed by atoms with E-state index in [2.05, 4.69) is 15.8 Å². The summed E-state index contributed by atoms with van der Waals surface area (Å²) >= 11 is 1.20. The normalized spacial score (nSPS) is 11.9. The molecule has 114 valence electrons. The van der Waals surface area contributed by atoms with Crippen LogP contribution in [0.5, 0.6) is 0 Å². The van der Waals surface area contributed by atoms with Crippen molar-refractivity contribution in [2.24, 2.45) is 0 Å². The molecule has 0 saturated heterocycles. The van der Waals surface area contributed by atoms with E-state index in [4.69, 9.17) is 5.26 Å². The Labute approximate surface area is 131 Å². The lowest BCUT2D eigenvalue weighted by Crippen LogP contribution is -2.25. The van der Waals surface area contributed by atoms with E-state index in [1.54, 1.807) is 31.2 Å². The minimum Gasteiger partial charge on any atom is -0.469 e. The summed E-state index contributed by atoms with van der Waals surface area (Å²) < 4.78 is 6.04. The number of benzene rings is 1. The van der Waals surface area contributed by atoms with Gasteiger partial charge in [-0.3, -0.25) is 14.2 Å². The van der Waals surface area contributed by atoms with Crippen molar-refractivity contribution in [2.75, 3.05) is 7.11 Å². The van der Waals surface area contributed by atoms with E-state index in [1.807, 2.05) is 0 Å². The van der Waals surface area contributed by atoms with Gasteiger partial charge in [0.05, 0.1) is 35.8 Å². The molecule has 6 nitrogen and oxygen atoms in total. The molecule has 0 fully saturated rings. The second kappa shape index (κ2) is 7.09. The minimum absolute atomic E-state index is 0.0743. The van der Waals surface area contributed by atoms with Crippen molar-refractivity contribution in [2.45, 2.75) is 30.3 Å². The molecule has 2 aromatic rings. The van der Waals surface area contributed by atoms with Gasteiger partial charge in [-0.15, -0.1) is 0 Å². The molecule has 0 aliphatic heterocycles. The third-order valence-corrected chi connectivity index (χ3v) is 4.04. The number of para-hydroxylation sites is 1. The van der Waals surface area contributed by atoms with Gasteiger partial charge in [-0.2, -0.15) is 5.26 Å². The molecular weight excluding hydrogens is 302 g/mol. The number of thioether (sulfide) groups is 1. The van der Waals surface area contributed by atoms with Gasteiger partial charge in [0.1, 0.15) is 0 Å². The molecule has 7 heteroatoms. The number of nitriles is 1. The number of rotatable bonds is 5. The second-order valence-corrected chi connectivity index (χ2v) is 5.89. The summed E-state index contributed by atoms with van der Waals surface area (Å²) in [5.41, 5.74) is 0.358. The summed E-state index contributed by atoms with van der Waals surface area (Å²) in [7, 11) is 1.30. The molecule has 0 N–H and O–H groups in total. The maximum atomic E-state index is 12.6. The first-order valence-electron chi connectivity index (χ1n) is 6.69. The van der Waals surface area contributed by atoms with Crippen molar-refractivity contribution >= 4 is 28.6 Å². The highest BCUT2D eigenvalue weighted by Crippen LogP contribution is 2.22. The average molecular weight is 317 g/mol. The lowest BCUT2D eigenvalue weighted by Gasteiger charge is -2.13. The second-order valence-electron chi connectivity index (χ2n) is 4.58. The number of methoxy groups -OCH3 is 1. The third-order valence-electron chi connectivity index (χ3n) is 3.06. The number of ether oxygens (including phenoxy) is 1. The van der Waals surface area contributed by atoms with E-state index in [0.29, 0.717) is 16.1 Å². The van der Waals surface area contributed by atoms with Gasteiger partial charge in [0, 0.05) is 6.54 Å². The molecule has 0 amide bonds. The molecule has 1 aromatic heterocycles. The van der Waals surface area contributed by atoms with Crippen LogP contribution in [0, 0.1) is 11.3 Å². The SMILES string of the molecule is COC(=O)CCn1c(S[C@@H](C)C#N)nc2ccccc2c1=O. The van der Waals surface area contributed by atoms with Crippen molar-refractivity contribution in [1.82, 2.24) is 9.55 Å². The molecule has 0 aliphatic carbocycles. The maximum Gasteiger partial charge on any atom is 0.307 e. The molecule has 1 aromatic carbocycles. The molecule has 0 radical (unpaired) electrons. The summed E-state index contributed by atoms with van der Waals surface area (Å²) in [5, 5.41) is 9.54. The highest BCUT2D eigenvalue weighted by atomic mass is 32.2. The van der Waals surface area contributed by atoms with Crippen LogP contribution in [0.2, 0.25) is 0 Å². The number of aromatic nitrogens is 2. The standard InChI is InChI=1S/C15H15N3O3S/c1-10(9-16)22-15-17-12-6-4-3-5-11(12)14(20)18(15)8-7-13(19)21-2/h3-6,10H,7-8H2,1-2H3/t10-/m0/s1. The number of nitrogens with zero attached hydrogens (tertiary/aromatic N) is 3. The Morgan fingerprint density at radius 3 is 2.91 bits per heavy atom. The molecule has 22 heavy (non-hydrogen) atoms. The van der Waals surface area contributed by atoms with Crippen molar-refractivity contribution in [3.05, 3.63) is 34.6 Å². The van der Waals surface area contributed by atoms with E-state index in [0.717, 1.165) is 0 Å². The van der Waals surface area contributed by atoms with Gasteiger partial charge in [-0.05, 0) is 19.1 Å². The molecule has 0 saturated carbocycles. The molecular formula is C15H15N3O3S. The zero-order chi connectivity index (χ0) is 16.1. The van der Waals surface area contributed by atoms with Crippen LogP contribution in [-0.4, -0.2) is 27.9 Å². The molecule has 2 rings (SSSR count). The molecule has 1 atom stereocenters. The van der Waals surface area contributed by atoms with Crippen LogP contribution in [0.3, 0.4) is 0 Å². The van der Waals surface area contributed by atoms with Gasteiger partial charge < -0.3 is 4.74 Å². The van der Waals surface area contributed by atoms with Gasteiger partial charge in [0.2, 0.25) is 0 Å². The summed E-state index contributed by atoms with van der Waals surface area (Å²) in [6.45, 7) is 1.90. The quantitative estimate of drug-likeness (QED) is 0.476. The van der Waals surface area contributed by atoms with Crippen molar-refractivity contribution in [1.29, 1.82) is 5.26 Å². The van der Waals surface area contributed by atoms with E-state index >= 15 is 0 Å². The van der Waals surface area contributed by atoms with Crippen molar-refractivity contribution in [3.63, 3.8) is 0 Å². The Morgan fingerprint density at radius 1 is 1.50 bits per heavy atom. The molecule has 1 heterocycles.